The maximum atomic E-state index is 5.83. The zero-order valence-electron chi connectivity index (χ0n) is 7.72. The van der Waals surface area contributed by atoms with Gasteiger partial charge >= 0.3 is 8.72 Å². The molecule has 0 unspecified atom stereocenters. The van der Waals surface area contributed by atoms with Gasteiger partial charge in [0.05, 0.1) is 0 Å². The van der Waals surface area contributed by atoms with E-state index in [-0.39, 0.29) is 0 Å². The van der Waals surface area contributed by atoms with Crippen molar-refractivity contribution in [3.05, 3.63) is 0 Å². The molecule has 0 radical (unpaired) electrons. The van der Waals surface area contributed by atoms with Gasteiger partial charge in [-0.3, -0.25) is 0 Å². The molecule has 0 bridgehead atoms. The molecule has 0 aromatic heterocycles. The molecule has 0 saturated heterocycles. The number of unbranched alkanes of at least 4 members (excludes halogenated alkanes) is 2. The highest BCUT2D eigenvalue weighted by atomic mass is 28.4. The standard InChI is InChI=1S/C7H19NO2Si/c1-4-5-6-7-11(8,9-2)10-3/h4-8H2,1-3H3. The van der Waals surface area contributed by atoms with Gasteiger partial charge in [-0.15, -0.1) is 0 Å². The first kappa shape index (κ1) is 11.1. The summed E-state index contributed by atoms with van der Waals surface area (Å²) in [7, 11) is 1.02. The van der Waals surface area contributed by atoms with Crippen molar-refractivity contribution in [2.45, 2.75) is 32.2 Å². The van der Waals surface area contributed by atoms with Gasteiger partial charge in [0.2, 0.25) is 0 Å². The molecular weight excluding hydrogens is 158 g/mol. The second-order valence-corrected chi connectivity index (χ2v) is 5.62. The smallest absolute Gasteiger partial charge is 0.386 e. The summed E-state index contributed by atoms with van der Waals surface area (Å²) in [5.41, 5.74) is 0. The second-order valence-electron chi connectivity index (χ2n) is 2.68. The van der Waals surface area contributed by atoms with Crippen LogP contribution in [0.1, 0.15) is 26.2 Å². The normalized spacial score (nSPS) is 12.0. The summed E-state index contributed by atoms with van der Waals surface area (Å²) < 4.78 is 10.3. The van der Waals surface area contributed by atoms with Crippen LogP contribution in [0.5, 0.6) is 0 Å². The number of hydrogen-bond donors (Lipinski definition) is 1. The Morgan fingerprint density at radius 1 is 1.18 bits per heavy atom. The van der Waals surface area contributed by atoms with Crippen LogP contribution in [0.2, 0.25) is 6.04 Å². The van der Waals surface area contributed by atoms with Crippen molar-refractivity contribution in [3.8, 4) is 0 Å². The summed E-state index contributed by atoms with van der Waals surface area (Å²) in [4.78, 5) is 0. The largest absolute Gasteiger partial charge is 0.421 e. The van der Waals surface area contributed by atoms with Crippen LogP contribution >= 0.6 is 0 Å². The Morgan fingerprint density at radius 2 is 1.73 bits per heavy atom. The molecule has 0 heterocycles. The van der Waals surface area contributed by atoms with E-state index in [1.165, 1.54) is 12.8 Å². The van der Waals surface area contributed by atoms with Crippen molar-refractivity contribution in [3.63, 3.8) is 0 Å². The van der Waals surface area contributed by atoms with Crippen LogP contribution in [0.4, 0.5) is 0 Å². The molecule has 11 heavy (non-hydrogen) atoms. The fourth-order valence-electron chi connectivity index (χ4n) is 0.909. The topological polar surface area (TPSA) is 44.5 Å². The van der Waals surface area contributed by atoms with Crippen LogP contribution in [-0.2, 0) is 8.85 Å². The van der Waals surface area contributed by atoms with Gasteiger partial charge in [-0.05, 0) is 6.42 Å². The maximum Gasteiger partial charge on any atom is 0.421 e. The SMILES string of the molecule is CCCCC[Si](N)(OC)OC. The molecule has 0 atom stereocenters. The minimum absolute atomic E-state index is 0.897. The average molecular weight is 177 g/mol. The first-order valence-electron chi connectivity index (χ1n) is 4.07. The molecule has 0 aliphatic heterocycles. The van der Waals surface area contributed by atoms with Crippen LogP contribution in [0, 0.1) is 0 Å². The van der Waals surface area contributed by atoms with Gasteiger partial charge in [0.25, 0.3) is 0 Å². The lowest BCUT2D eigenvalue weighted by molar-refractivity contribution is 0.242. The number of nitrogens with two attached hydrogens (primary N) is 1. The Morgan fingerprint density at radius 3 is 2.09 bits per heavy atom. The van der Waals surface area contributed by atoms with Crippen molar-refractivity contribution in [2.75, 3.05) is 14.2 Å². The molecule has 0 aromatic carbocycles. The van der Waals surface area contributed by atoms with Gasteiger partial charge in [-0.1, -0.05) is 19.8 Å². The lowest BCUT2D eigenvalue weighted by atomic mass is 10.3. The molecule has 3 nitrogen and oxygen atoms in total. The van der Waals surface area contributed by atoms with E-state index in [2.05, 4.69) is 6.92 Å². The fourth-order valence-corrected chi connectivity index (χ4v) is 2.23. The summed E-state index contributed by atoms with van der Waals surface area (Å²) in [6.07, 6.45) is 3.53. The van der Waals surface area contributed by atoms with E-state index in [0.717, 1.165) is 12.5 Å². The average Bonchev–Trinajstić information content (AvgIpc) is 2.05. The van der Waals surface area contributed by atoms with E-state index in [0.29, 0.717) is 0 Å². The summed E-state index contributed by atoms with van der Waals surface area (Å²) in [5.74, 6) is 0. The molecule has 0 amide bonds. The van der Waals surface area contributed by atoms with Crippen molar-refractivity contribution < 1.29 is 8.85 Å². The van der Waals surface area contributed by atoms with E-state index < -0.39 is 8.72 Å². The summed E-state index contributed by atoms with van der Waals surface area (Å²) in [5, 5.41) is 5.83. The fraction of sp³-hybridized carbons (Fsp3) is 1.00. The number of rotatable bonds is 6. The quantitative estimate of drug-likeness (QED) is 0.492. The highest BCUT2D eigenvalue weighted by Gasteiger charge is 2.29. The van der Waals surface area contributed by atoms with Gasteiger partial charge in [0.1, 0.15) is 0 Å². The van der Waals surface area contributed by atoms with E-state index >= 15 is 0 Å². The third kappa shape index (κ3) is 4.52. The molecular formula is C7H19NO2Si. The van der Waals surface area contributed by atoms with Crippen molar-refractivity contribution in [1.82, 2.24) is 0 Å². The first-order valence-corrected chi connectivity index (χ1v) is 6.18. The first-order chi connectivity index (χ1) is 5.18. The van der Waals surface area contributed by atoms with Crippen LogP contribution in [0.15, 0.2) is 0 Å². The van der Waals surface area contributed by atoms with Gasteiger partial charge < -0.3 is 14.3 Å². The van der Waals surface area contributed by atoms with E-state index in [1.807, 2.05) is 0 Å². The lowest BCUT2D eigenvalue weighted by Crippen LogP contribution is -2.50. The highest BCUT2D eigenvalue weighted by Crippen LogP contribution is 2.10. The van der Waals surface area contributed by atoms with Crippen LogP contribution in [0.25, 0.3) is 0 Å². The predicted molar refractivity (Wildman–Crippen MR) is 48.3 cm³/mol. The van der Waals surface area contributed by atoms with E-state index in [4.69, 9.17) is 14.3 Å². The van der Waals surface area contributed by atoms with E-state index in [9.17, 15) is 0 Å². The van der Waals surface area contributed by atoms with Crippen molar-refractivity contribution >= 4 is 8.72 Å². The summed E-state index contributed by atoms with van der Waals surface area (Å²) >= 11 is 0. The molecule has 0 saturated carbocycles. The highest BCUT2D eigenvalue weighted by molar-refractivity contribution is 6.63. The molecule has 68 valence electrons. The molecule has 4 heteroatoms. The molecule has 0 rings (SSSR count). The zero-order valence-corrected chi connectivity index (χ0v) is 8.72. The third-order valence-electron chi connectivity index (χ3n) is 1.82. The van der Waals surface area contributed by atoms with Crippen molar-refractivity contribution in [2.24, 2.45) is 5.40 Å². The van der Waals surface area contributed by atoms with Gasteiger partial charge in [-0.2, -0.15) is 0 Å². The molecule has 0 fully saturated rings. The minimum Gasteiger partial charge on any atom is -0.386 e. The lowest BCUT2D eigenvalue weighted by Gasteiger charge is -2.21. The predicted octanol–water partition coefficient (Wildman–Crippen LogP) is 1.37. The minimum atomic E-state index is -2.23. The molecule has 0 spiro atoms. The summed E-state index contributed by atoms with van der Waals surface area (Å²) in [6, 6.07) is 0.897. The van der Waals surface area contributed by atoms with Gasteiger partial charge in [0, 0.05) is 20.3 Å². The van der Waals surface area contributed by atoms with Crippen LogP contribution in [-0.4, -0.2) is 22.9 Å². The van der Waals surface area contributed by atoms with Gasteiger partial charge in [-0.25, -0.2) is 0 Å². The maximum absolute atomic E-state index is 5.83. The number of hydrogen-bond acceptors (Lipinski definition) is 3. The van der Waals surface area contributed by atoms with Crippen molar-refractivity contribution in [1.29, 1.82) is 0 Å². The molecule has 2 N–H and O–H groups in total. The Bertz CT molecular complexity index is 96.4. The third-order valence-corrected chi connectivity index (χ3v) is 4.25. The van der Waals surface area contributed by atoms with Crippen LogP contribution < -0.4 is 5.40 Å². The Kier molecular flexibility index (Phi) is 5.76. The van der Waals surface area contributed by atoms with E-state index in [1.54, 1.807) is 14.2 Å². The second kappa shape index (κ2) is 5.71. The zero-order chi connectivity index (χ0) is 8.74. The van der Waals surface area contributed by atoms with Crippen LogP contribution in [0.3, 0.4) is 0 Å². The summed E-state index contributed by atoms with van der Waals surface area (Å²) in [6.45, 7) is 2.17. The molecule has 0 aliphatic carbocycles. The molecule has 0 aromatic rings. The molecule has 0 aliphatic rings. The Labute approximate surface area is 70.2 Å². The van der Waals surface area contributed by atoms with Gasteiger partial charge in [0.15, 0.2) is 0 Å². The Hall–Kier alpha value is 0.0969. The Balaban J connectivity index is 3.51. The monoisotopic (exact) mass is 177 g/mol.